The molecular formula is C15H32N2S. The van der Waals surface area contributed by atoms with Gasteiger partial charge in [-0.05, 0) is 44.4 Å². The Morgan fingerprint density at radius 3 is 2.33 bits per heavy atom. The minimum atomic E-state index is 0.592. The summed E-state index contributed by atoms with van der Waals surface area (Å²) < 4.78 is 0. The smallest absolute Gasteiger partial charge is 0.0246 e. The summed E-state index contributed by atoms with van der Waals surface area (Å²) in [5, 5.41) is 0. The Hall–Kier alpha value is 0.270. The molecule has 0 heterocycles. The Bertz CT molecular complexity index is 215. The molecule has 1 fully saturated rings. The van der Waals surface area contributed by atoms with Crippen LogP contribution in [0.3, 0.4) is 0 Å². The van der Waals surface area contributed by atoms with Crippen molar-refractivity contribution >= 4 is 11.8 Å². The zero-order chi connectivity index (χ0) is 13.5. The van der Waals surface area contributed by atoms with E-state index in [1.807, 2.05) is 11.8 Å². The molecule has 18 heavy (non-hydrogen) atoms. The van der Waals surface area contributed by atoms with E-state index in [4.69, 9.17) is 5.73 Å². The van der Waals surface area contributed by atoms with Gasteiger partial charge >= 0.3 is 0 Å². The molecule has 1 aliphatic rings. The maximum absolute atomic E-state index is 6.08. The number of likely N-dealkylation sites (N-methyl/N-ethyl adjacent to an activating group) is 1. The summed E-state index contributed by atoms with van der Waals surface area (Å²) in [6.45, 7) is 5.51. The standard InChI is InChI=1S/C15H32N2S/c1-5-14(11-18-4)17(3)15(10-16)13-8-6-12(2)7-9-13/h12-15H,5-11,16H2,1-4H3. The van der Waals surface area contributed by atoms with Gasteiger partial charge in [-0.3, -0.25) is 4.90 Å². The van der Waals surface area contributed by atoms with Crippen molar-refractivity contribution in [2.75, 3.05) is 25.6 Å². The lowest BCUT2D eigenvalue weighted by molar-refractivity contribution is 0.104. The molecule has 2 N–H and O–H groups in total. The van der Waals surface area contributed by atoms with Crippen LogP contribution < -0.4 is 5.73 Å². The van der Waals surface area contributed by atoms with E-state index in [1.54, 1.807) is 0 Å². The van der Waals surface area contributed by atoms with Gasteiger partial charge in [0.2, 0.25) is 0 Å². The Morgan fingerprint density at radius 2 is 1.89 bits per heavy atom. The fourth-order valence-electron chi connectivity index (χ4n) is 3.35. The molecular weight excluding hydrogens is 240 g/mol. The van der Waals surface area contributed by atoms with E-state index >= 15 is 0 Å². The van der Waals surface area contributed by atoms with Gasteiger partial charge in [0, 0.05) is 24.4 Å². The molecule has 0 radical (unpaired) electrons. The second-order valence-electron chi connectivity index (χ2n) is 6.01. The van der Waals surface area contributed by atoms with Crippen LogP contribution in [-0.2, 0) is 0 Å². The number of rotatable bonds is 7. The molecule has 2 atom stereocenters. The van der Waals surface area contributed by atoms with Gasteiger partial charge in [0.1, 0.15) is 0 Å². The van der Waals surface area contributed by atoms with Gasteiger partial charge in [0.15, 0.2) is 0 Å². The summed E-state index contributed by atoms with van der Waals surface area (Å²) >= 11 is 1.96. The molecule has 0 spiro atoms. The lowest BCUT2D eigenvalue weighted by atomic mass is 9.78. The molecule has 1 saturated carbocycles. The molecule has 0 aliphatic heterocycles. The Kier molecular flexibility index (Phi) is 7.66. The fraction of sp³-hybridized carbons (Fsp3) is 1.00. The first-order valence-corrected chi connectivity index (χ1v) is 8.94. The number of nitrogens with zero attached hydrogens (tertiary/aromatic N) is 1. The third-order valence-electron chi connectivity index (χ3n) is 4.78. The molecule has 0 amide bonds. The molecule has 2 nitrogen and oxygen atoms in total. The van der Waals surface area contributed by atoms with E-state index in [-0.39, 0.29) is 0 Å². The number of nitrogens with two attached hydrogens (primary N) is 1. The van der Waals surface area contributed by atoms with Crippen molar-refractivity contribution in [2.45, 2.75) is 58.0 Å². The predicted octanol–water partition coefficient (Wildman–Crippen LogP) is 3.21. The van der Waals surface area contributed by atoms with Crippen molar-refractivity contribution in [2.24, 2.45) is 17.6 Å². The van der Waals surface area contributed by atoms with E-state index in [2.05, 4.69) is 32.1 Å². The summed E-state index contributed by atoms with van der Waals surface area (Å²) in [6.07, 6.45) is 8.99. The van der Waals surface area contributed by atoms with Crippen LogP contribution in [0, 0.1) is 11.8 Å². The second-order valence-corrected chi connectivity index (χ2v) is 6.92. The van der Waals surface area contributed by atoms with E-state index in [9.17, 15) is 0 Å². The maximum Gasteiger partial charge on any atom is 0.0246 e. The molecule has 2 unspecified atom stereocenters. The third kappa shape index (κ3) is 4.43. The quantitative estimate of drug-likeness (QED) is 0.771. The van der Waals surface area contributed by atoms with Crippen LogP contribution in [0.25, 0.3) is 0 Å². The van der Waals surface area contributed by atoms with E-state index in [0.29, 0.717) is 12.1 Å². The van der Waals surface area contributed by atoms with Crippen LogP contribution in [0.5, 0.6) is 0 Å². The molecule has 0 aromatic rings. The van der Waals surface area contributed by atoms with Gasteiger partial charge < -0.3 is 5.73 Å². The molecule has 108 valence electrons. The Balaban J connectivity index is 2.57. The van der Waals surface area contributed by atoms with E-state index in [1.165, 1.54) is 37.9 Å². The van der Waals surface area contributed by atoms with Crippen molar-refractivity contribution in [3.8, 4) is 0 Å². The first-order chi connectivity index (χ1) is 8.63. The lowest BCUT2D eigenvalue weighted by Crippen LogP contribution is -2.49. The normalized spacial score (nSPS) is 28.3. The number of thioether (sulfide) groups is 1. The van der Waals surface area contributed by atoms with Crippen molar-refractivity contribution < 1.29 is 0 Å². The topological polar surface area (TPSA) is 29.3 Å². The highest BCUT2D eigenvalue weighted by Crippen LogP contribution is 2.32. The second kappa shape index (κ2) is 8.44. The summed E-state index contributed by atoms with van der Waals surface area (Å²) in [7, 11) is 2.29. The van der Waals surface area contributed by atoms with Crippen LogP contribution in [-0.4, -0.2) is 42.6 Å². The van der Waals surface area contributed by atoms with Gasteiger partial charge in [-0.25, -0.2) is 0 Å². The van der Waals surface area contributed by atoms with E-state index < -0.39 is 0 Å². The van der Waals surface area contributed by atoms with Gasteiger partial charge in [-0.2, -0.15) is 11.8 Å². The molecule has 0 saturated heterocycles. The average Bonchev–Trinajstić information content (AvgIpc) is 2.38. The van der Waals surface area contributed by atoms with Gasteiger partial charge in [-0.1, -0.05) is 26.7 Å². The first kappa shape index (κ1) is 16.3. The Labute approximate surface area is 118 Å². The third-order valence-corrected chi connectivity index (χ3v) is 5.49. The van der Waals surface area contributed by atoms with Crippen molar-refractivity contribution in [1.29, 1.82) is 0 Å². The summed E-state index contributed by atoms with van der Waals surface area (Å²) in [6, 6.07) is 1.28. The van der Waals surface area contributed by atoms with Gasteiger partial charge in [-0.15, -0.1) is 0 Å². The monoisotopic (exact) mass is 272 g/mol. The summed E-state index contributed by atoms with van der Waals surface area (Å²) in [5.74, 6) is 2.98. The summed E-state index contributed by atoms with van der Waals surface area (Å²) in [4.78, 5) is 2.58. The van der Waals surface area contributed by atoms with Crippen LogP contribution in [0.4, 0.5) is 0 Å². The number of hydrogen-bond acceptors (Lipinski definition) is 3. The zero-order valence-electron chi connectivity index (χ0n) is 12.7. The average molecular weight is 273 g/mol. The molecule has 0 aromatic carbocycles. The minimum absolute atomic E-state index is 0.592. The first-order valence-electron chi connectivity index (χ1n) is 7.54. The van der Waals surface area contributed by atoms with Gasteiger partial charge in [0.25, 0.3) is 0 Å². The predicted molar refractivity (Wildman–Crippen MR) is 84.2 cm³/mol. The van der Waals surface area contributed by atoms with Crippen LogP contribution in [0.1, 0.15) is 46.0 Å². The number of hydrogen-bond donors (Lipinski definition) is 1. The Morgan fingerprint density at radius 1 is 1.28 bits per heavy atom. The summed E-state index contributed by atoms with van der Waals surface area (Å²) in [5.41, 5.74) is 6.08. The largest absolute Gasteiger partial charge is 0.329 e. The highest BCUT2D eigenvalue weighted by Gasteiger charge is 2.30. The molecule has 1 aliphatic carbocycles. The fourth-order valence-corrected chi connectivity index (χ4v) is 4.20. The van der Waals surface area contributed by atoms with Crippen LogP contribution in [0.2, 0.25) is 0 Å². The van der Waals surface area contributed by atoms with Crippen LogP contribution >= 0.6 is 11.8 Å². The van der Waals surface area contributed by atoms with Crippen molar-refractivity contribution in [1.82, 2.24) is 4.90 Å². The SMILES string of the molecule is CCC(CSC)N(C)C(CN)C1CCC(C)CC1. The van der Waals surface area contributed by atoms with Gasteiger partial charge in [0.05, 0.1) is 0 Å². The highest BCUT2D eigenvalue weighted by atomic mass is 32.2. The van der Waals surface area contributed by atoms with Crippen molar-refractivity contribution in [3.63, 3.8) is 0 Å². The molecule has 1 rings (SSSR count). The zero-order valence-corrected chi connectivity index (χ0v) is 13.5. The molecule has 3 heteroatoms. The molecule has 0 bridgehead atoms. The maximum atomic E-state index is 6.08. The van der Waals surface area contributed by atoms with Crippen LogP contribution in [0.15, 0.2) is 0 Å². The highest BCUT2D eigenvalue weighted by molar-refractivity contribution is 7.98. The van der Waals surface area contributed by atoms with E-state index in [0.717, 1.165) is 18.4 Å². The minimum Gasteiger partial charge on any atom is -0.329 e. The molecule has 0 aromatic heterocycles. The van der Waals surface area contributed by atoms with Crippen molar-refractivity contribution in [3.05, 3.63) is 0 Å². The lowest BCUT2D eigenvalue weighted by Gasteiger charge is -2.41.